The Hall–Kier alpha value is -1.84. The Morgan fingerprint density at radius 3 is 2.71 bits per heavy atom. The summed E-state index contributed by atoms with van der Waals surface area (Å²) in [4.78, 5) is 14.0. The molecule has 3 heterocycles. The van der Waals surface area contributed by atoms with Gasteiger partial charge < -0.3 is 15.2 Å². The van der Waals surface area contributed by atoms with E-state index in [1.165, 1.54) is 42.2 Å². The molecule has 4 rings (SSSR count). The van der Waals surface area contributed by atoms with Crippen LogP contribution >= 0.6 is 9.24 Å². The standard InChI is InChI=1S/C22H30N5P/c1-16(23)11-18(28)5-3-17-4-6-20-19(12-17)21(25-15-24-20)27-13-22(14-27)7-9-26(2)10-8-22/h4,6,11-12,15,23H,3,5,7-10,13-14,28H2,1-2H3/b18-11-,23-16?. The molecule has 1 unspecified atom stereocenters. The molecule has 2 aliphatic rings. The second-order valence-corrected chi connectivity index (χ2v) is 9.35. The normalized spacial score (nSPS) is 19.8. The van der Waals surface area contributed by atoms with Crippen LogP contribution in [0.2, 0.25) is 0 Å². The van der Waals surface area contributed by atoms with E-state index in [0.717, 1.165) is 37.3 Å². The van der Waals surface area contributed by atoms with Gasteiger partial charge in [-0.25, -0.2) is 9.97 Å². The average molecular weight is 395 g/mol. The molecular weight excluding hydrogens is 365 g/mol. The Morgan fingerprint density at radius 1 is 1.25 bits per heavy atom. The minimum absolute atomic E-state index is 0.491. The first-order valence-corrected chi connectivity index (χ1v) is 10.7. The average Bonchev–Trinajstić information content (AvgIpc) is 2.64. The quantitative estimate of drug-likeness (QED) is 0.616. The van der Waals surface area contributed by atoms with E-state index in [1.807, 2.05) is 13.0 Å². The molecule has 1 aromatic heterocycles. The Morgan fingerprint density at radius 2 is 2.00 bits per heavy atom. The zero-order valence-corrected chi connectivity index (χ0v) is 18.1. The number of nitrogens with zero attached hydrogens (tertiary/aromatic N) is 4. The predicted octanol–water partition coefficient (Wildman–Crippen LogP) is 3.89. The van der Waals surface area contributed by atoms with Gasteiger partial charge in [0.1, 0.15) is 12.1 Å². The van der Waals surface area contributed by atoms with Gasteiger partial charge in [-0.15, -0.1) is 9.24 Å². The molecule has 148 valence electrons. The number of allylic oxidation sites excluding steroid dienone is 2. The van der Waals surface area contributed by atoms with Crippen LogP contribution in [0.25, 0.3) is 10.9 Å². The number of piperidine rings is 1. The van der Waals surface area contributed by atoms with Crippen LogP contribution in [0, 0.1) is 10.8 Å². The number of anilines is 1. The largest absolute Gasteiger partial charge is 0.355 e. The van der Waals surface area contributed by atoms with E-state index in [0.29, 0.717) is 11.1 Å². The molecule has 0 aliphatic carbocycles. The lowest BCUT2D eigenvalue weighted by Gasteiger charge is -2.54. The summed E-state index contributed by atoms with van der Waals surface area (Å²) < 4.78 is 0. The molecule has 0 bridgehead atoms. The van der Waals surface area contributed by atoms with Gasteiger partial charge in [0, 0.05) is 29.6 Å². The molecule has 5 nitrogen and oxygen atoms in total. The SMILES string of the molecule is CC(=N)/C=C(\P)CCc1ccc2ncnc(N3CC4(CCN(C)CC4)C3)c2c1. The molecule has 2 aliphatic heterocycles. The molecule has 1 N–H and O–H groups in total. The van der Waals surface area contributed by atoms with Crippen LogP contribution in [-0.4, -0.2) is 53.8 Å². The number of hydrogen-bond donors (Lipinski definition) is 1. The predicted molar refractivity (Wildman–Crippen MR) is 120 cm³/mol. The van der Waals surface area contributed by atoms with Crippen molar-refractivity contribution in [1.29, 1.82) is 5.41 Å². The fraction of sp³-hybridized carbons (Fsp3) is 0.500. The number of nitrogens with one attached hydrogen (secondary N) is 1. The zero-order chi connectivity index (χ0) is 19.7. The van der Waals surface area contributed by atoms with Crippen molar-refractivity contribution in [2.75, 3.05) is 38.1 Å². The van der Waals surface area contributed by atoms with Crippen LogP contribution < -0.4 is 4.90 Å². The maximum atomic E-state index is 7.60. The summed E-state index contributed by atoms with van der Waals surface area (Å²) in [7, 11) is 4.98. The van der Waals surface area contributed by atoms with Crippen molar-refractivity contribution in [3.8, 4) is 0 Å². The van der Waals surface area contributed by atoms with Crippen LogP contribution in [0.5, 0.6) is 0 Å². The van der Waals surface area contributed by atoms with E-state index in [9.17, 15) is 0 Å². The third kappa shape index (κ3) is 4.11. The highest BCUT2D eigenvalue weighted by Gasteiger charge is 2.45. The third-order valence-corrected chi connectivity index (χ3v) is 6.64. The lowest BCUT2D eigenvalue weighted by Crippen LogP contribution is -2.60. The number of aryl methyl sites for hydroxylation is 1. The van der Waals surface area contributed by atoms with Gasteiger partial charge in [-0.05, 0) is 76.5 Å². The summed E-state index contributed by atoms with van der Waals surface area (Å²) >= 11 is 0. The van der Waals surface area contributed by atoms with Gasteiger partial charge in [-0.2, -0.15) is 0 Å². The molecule has 1 aromatic carbocycles. The van der Waals surface area contributed by atoms with Gasteiger partial charge in [-0.3, -0.25) is 0 Å². The monoisotopic (exact) mass is 395 g/mol. The molecule has 0 amide bonds. The Bertz CT molecular complexity index is 906. The lowest BCUT2D eigenvalue weighted by atomic mass is 9.72. The van der Waals surface area contributed by atoms with Crippen molar-refractivity contribution in [2.45, 2.75) is 32.6 Å². The van der Waals surface area contributed by atoms with E-state index in [1.54, 1.807) is 6.33 Å². The van der Waals surface area contributed by atoms with Crippen molar-refractivity contribution >= 4 is 31.7 Å². The lowest BCUT2D eigenvalue weighted by molar-refractivity contribution is 0.0902. The molecule has 2 aromatic rings. The summed E-state index contributed by atoms with van der Waals surface area (Å²) in [6.07, 6.45) is 8.11. The highest BCUT2D eigenvalue weighted by atomic mass is 31.0. The summed E-state index contributed by atoms with van der Waals surface area (Å²) in [5.74, 6) is 1.09. The molecule has 1 spiro atoms. The van der Waals surface area contributed by atoms with E-state index in [-0.39, 0.29) is 0 Å². The molecule has 0 saturated carbocycles. The molecule has 28 heavy (non-hydrogen) atoms. The van der Waals surface area contributed by atoms with E-state index < -0.39 is 0 Å². The highest BCUT2D eigenvalue weighted by Crippen LogP contribution is 2.43. The first kappa shape index (κ1) is 19.5. The summed E-state index contributed by atoms with van der Waals surface area (Å²) in [6.45, 7) is 6.47. The van der Waals surface area contributed by atoms with Crippen molar-refractivity contribution in [3.63, 3.8) is 0 Å². The molecule has 2 fully saturated rings. The number of hydrogen-bond acceptors (Lipinski definition) is 5. The first-order chi connectivity index (χ1) is 13.4. The van der Waals surface area contributed by atoms with E-state index in [2.05, 4.69) is 54.3 Å². The topological polar surface area (TPSA) is 56.1 Å². The second kappa shape index (κ2) is 7.88. The summed E-state index contributed by atoms with van der Waals surface area (Å²) in [5.41, 5.74) is 3.41. The maximum Gasteiger partial charge on any atom is 0.139 e. The Labute approximate surface area is 169 Å². The molecule has 0 radical (unpaired) electrons. The van der Waals surface area contributed by atoms with Gasteiger partial charge in [-0.1, -0.05) is 11.4 Å². The fourth-order valence-electron chi connectivity index (χ4n) is 4.46. The molecule has 1 atom stereocenters. The Kier molecular flexibility index (Phi) is 5.48. The second-order valence-electron chi connectivity index (χ2n) is 8.61. The van der Waals surface area contributed by atoms with Crippen LogP contribution in [0.1, 0.15) is 31.7 Å². The highest BCUT2D eigenvalue weighted by molar-refractivity contribution is 7.22. The van der Waals surface area contributed by atoms with Crippen molar-refractivity contribution in [1.82, 2.24) is 14.9 Å². The number of likely N-dealkylation sites (tertiary alicyclic amines) is 1. The third-order valence-electron chi connectivity index (χ3n) is 6.18. The molecule has 2 saturated heterocycles. The summed E-state index contributed by atoms with van der Waals surface area (Å²) in [5, 5.41) is 9.93. The minimum atomic E-state index is 0.491. The minimum Gasteiger partial charge on any atom is -0.355 e. The van der Waals surface area contributed by atoms with Gasteiger partial charge in [0.05, 0.1) is 5.52 Å². The van der Waals surface area contributed by atoms with Crippen LogP contribution in [0.15, 0.2) is 35.9 Å². The van der Waals surface area contributed by atoms with Gasteiger partial charge in [0.25, 0.3) is 0 Å². The zero-order valence-electron chi connectivity index (χ0n) is 16.9. The van der Waals surface area contributed by atoms with Crippen molar-refractivity contribution < 1.29 is 0 Å². The Balaban J connectivity index is 1.51. The fourth-order valence-corrected chi connectivity index (χ4v) is 4.85. The van der Waals surface area contributed by atoms with Crippen LogP contribution in [0.3, 0.4) is 0 Å². The van der Waals surface area contributed by atoms with Gasteiger partial charge in [0.15, 0.2) is 0 Å². The van der Waals surface area contributed by atoms with Crippen molar-refractivity contribution in [3.05, 3.63) is 41.5 Å². The van der Waals surface area contributed by atoms with Gasteiger partial charge in [0.2, 0.25) is 0 Å². The number of benzene rings is 1. The number of aromatic nitrogens is 2. The van der Waals surface area contributed by atoms with Crippen LogP contribution in [-0.2, 0) is 6.42 Å². The molecule has 6 heteroatoms. The van der Waals surface area contributed by atoms with E-state index in [4.69, 9.17) is 5.41 Å². The van der Waals surface area contributed by atoms with Gasteiger partial charge >= 0.3 is 0 Å². The first-order valence-electron chi connectivity index (χ1n) is 10.1. The van der Waals surface area contributed by atoms with Crippen molar-refractivity contribution in [2.24, 2.45) is 5.41 Å². The summed E-state index contributed by atoms with van der Waals surface area (Å²) in [6, 6.07) is 6.55. The molecular formula is C22H30N5P. The number of fused-ring (bicyclic) bond motifs is 1. The van der Waals surface area contributed by atoms with Crippen LogP contribution in [0.4, 0.5) is 5.82 Å². The maximum absolute atomic E-state index is 7.60. The number of rotatable bonds is 5. The smallest absolute Gasteiger partial charge is 0.139 e. The van der Waals surface area contributed by atoms with E-state index >= 15 is 0 Å².